The fourth-order valence-corrected chi connectivity index (χ4v) is 1.64. The molecule has 0 aliphatic rings. The molecule has 17 heavy (non-hydrogen) atoms. The molecule has 5 heteroatoms. The van der Waals surface area contributed by atoms with Crippen LogP contribution in [0.4, 0.5) is 0 Å². The van der Waals surface area contributed by atoms with Gasteiger partial charge in [0.2, 0.25) is 0 Å². The largest absolute Gasteiger partial charge is 0.360 e. The van der Waals surface area contributed by atoms with Crippen LogP contribution < -0.4 is 5.43 Å². The highest BCUT2D eigenvalue weighted by Gasteiger charge is 2.19. The molecule has 2 N–H and O–H groups in total. The third-order valence-electron chi connectivity index (χ3n) is 2.37. The number of rotatable bonds is 3. The third kappa shape index (κ3) is 2.19. The van der Waals surface area contributed by atoms with Crippen LogP contribution in [0.1, 0.15) is 10.4 Å². The van der Waals surface area contributed by atoms with Gasteiger partial charge >= 0.3 is 5.91 Å². The van der Waals surface area contributed by atoms with E-state index in [2.05, 4.69) is 10.4 Å². The van der Waals surface area contributed by atoms with Gasteiger partial charge in [-0.3, -0.25) is 15.0 Å². The van der Waals surface area contributed by atoms with Crippen molar-refractivity contribution < 1.29 is 9.59 Å². The Hall–Kier alpha value is -2.14. The molecule has 88 valence electrons. The quantitative estimate of drug-likeness (QED) is 0.469. The second-order valence-electron chi connectivity index (χ2n) is 3.91. The standard InChI is InChI=1S/C12H13N3O2/c1-15(2)14-12(17)11(16)9-7-13-10-6-4-3-5-8(9)10/h3-7,13H,1-2H3,(H,14,17). The van der Waals surface area contributed by atoms with Crippen LogP contribution in [0.5, 0.6) is 0 Å². The van der Waals surface area contributed by atoms with E-state index >= 15 is 0 Å². The summed E-state index contributed by atoms with van der Waals surface area (Å²) in [5.74, 6) is -1.18. The lowest BCUT2D eigenvalue weighted by molar-refractivity contribution is -0.120. The number of H-pyrrole nitrogens is 1. The van der Waals surface area contributed by atoms with Gasteiger partial charge in [-0.25, -0.2) is 5.01 Å². The first-order chi connectivity index (χ1) is 8.09. The minimum Gasteiger partial charge on any atom is -0.360 e. The first-order valence-corrected chi connectivity index (χ1v) is 5.18. The molecule has 0 bridgehead atoms. The van der Waals surface area contributed by atoms with Crippen LogP contribution in [0.2, 0.25) is 0 Å². The van der Waals surface area contributed by atoms with Gasteiger partial charge in [0.15, 0.2) is 0 Å². The number of ketones is 1. The molecule has 1 aromatic carbocycles. The number of Topliss-reactive ketones (excluding diaryl/α,β-unsaturated/α-hetero) is 1. The average Bonchev–Trinajstić information content (AvgIpc) is 2.70. The molecule has 0 saturated carbocycles. The number of amides is 1. The number of carbonyl (C=O) groups is 2. The van der Waals surface area contributed by atoms with Crippen molar-refractivity contribution in [2.45, 2.75) is 0 Å². The Morgan fingerprint density at radius 1 is 1.24 bits per heavy atom. The molecule has 0 aliphatic heterocycles. The molecule has 5 nitrogen and oxygen atoms in total. The Labute approximate surface area is 98.4 Å². The van der Waals surface area contributed by atoms with Gasteiger partial charge in [0.25, 0.3) is 5.78 Å². The number of fused-ring (bicyclic) bond motifs is 1. The Kier molecular flexibility index (Phi) is 2.93. The van der Waals surface area contributed by atoms with Crippen LogP contribution in [0.3, 0.4) is 0 Å². The van der Waals surface area contributed by atoms with Crippen LogP contribution in [0, 0.1) is 0 Å². The second kappa shape index (κ2) is 4.39. The number of hydrogen-bond donors (Lipinski definition) is 2. The lowest BCUT2D eigenvalue weighted by atomic mass is 10.1. The summed E-state index contributed by atoms with van der Waals surface area (Å²) in [5, 5.41) is 2.20. The minimum absolute atomic E-state index is 0.389. The molecule has 0 radical (unpaired) electrons. The molecule has 1 amide bonds. The van der Waals surface area contributed by atoms with Gasteiger partial charge < -0.3 is 4.98 Å². The Morgan fingerprint density at radius 2 is 1.94 bits per heavy atom. The van der Waals surface area contributed by atoms with Crippen LogP contribution in [0.15, 0.2) is 30.5 Å². The molecule has 0 unspecified atom stereocenters. The number of hydrazine groups is 1. The zero-order chi connectivity index (χ0) is 12.4. The Bertz CT molecular complexity index is 572. The molecule has 2 rings (SSSR count). The van der Waals surface area contributed by atoms with E-state index in [0.29, 0.717) is 5.56 Å². The van der Waals surface area contributed by atoms with Crippen LogP contribution in [-0.4, -0.2) is 35.8 Å². The van der Waals surface area contributed by atoms with Crippen LogP contribution in [0.25, 0.3) is 10.9 Å². The topological polar surface area (TPSA) is 65.2 Å². The molecule has 2 aromatic rings. The molecule has 0 spiro atoms. The smallest absolute Gasteiger partial charge is 0.306 e. The first kappa shape index (κ1) is 11.3. The number of aromatic nitrogens is 1. The van der Waals surface area contributed by atoms with Gasteiger partial charge in [-0.2, -0.15) is 0 Å². The van der Waals surface area contributed by atoms with Crippen molar-refractivity contribution in [3.63, 3.8) is 0 Å². The molecule has 1 aromatic heterocycles. The third-order valence-corrected chi connectivity index (χ3v) is 2.37. The SMILES string of the molecule is CN(C)NC(=O)C(=O)c1c[nH]c2ccccc12. The summed E-state index contributed by atoms with van der Waals surface area (Å²) in [6, 6.07) is 7.36. The van der Waals surface area contributed by atoms with Crippen molar-refractivity contribution in [3.8, 4) is 0 Å². The van der Waals surface area contributed by atoms with Crippen molar-refractivity contribution >= 4 is 22.6 Å². The molecule has 0 atom stereocenters. The predicted molar refractivity (Wildman–Crippen MR) is 64.5 cm³/mol. The summed E-state index contributed by atoms with van der Waals surface area (Å²) >= 11 is 0. The minimum atomic E-state index is -0.639. The summed E-state index contributed by atoms with van der Waals surface area (Å²) in [5.41, 5.74) is 3.66. The summed E-state index contributed by atoms with van der Waals surface area (Å²) in [6.07, 6.45) is 1.56. The molecular weight excluding hydrogens is 218 g/mol. The van der Waals surface area contributed by atoms with E-state index in [0.717, 1.165) is 10.9 Å². The number of benzene rings is 1. The molecule has 0 saturated heterocycles. The van der Waals surface area contributed by atoms with Gasteiger partial charge in [-0.1, -0.05) is 18.2 Å². The summed E-state index contributed by atoms with van der Waals surface area (Å²) in [4.78, 5) is 26.4. The molecule has 1 heterocycles. The van der Waals surface area contributed by atoms with E-state index in [9.17, 15) is 9.59 Å². The summed E-state index contributed by atoms with van der Waals surface area (Å²) in [7, 11) is 3.31. The fraction of sp³-hybridized carbons (Fsp3) is 0.167. The van der Waals surface area contributed by atoms with Crippen molar-refractivity contribution in [2.75, 3.05) is 14.1 Å². The van der Waals surface area contributed by atoms with Crippen molar-refractivity contribution in [1.82, 2.24) is 15.4 Å². The maximum atomic E-state index is 11.9. The maximum absolute atomic E-state index is 11.9. The molecule has 0 aliphatic carbocycles. The number of carbonyl (C=O) groups excluding carboxylic acids is 2. The van der Waals surface area contributed by atoms with Crippen LogP contribution in [-0.2, 0) is 4.79 Å². The number of hydrogen-bond acceptors (Lipinski definition) is 3. The summed E-state index contributed by atoms with van der Waals surface area (Å²) in [6.45, 7) is 0. The van der Waals surface area contributed by atoms with E-state index in [1.807, 2.05) is 24.3 Å². The molecule has 0 fully saturated rings. The number of nitrogens with zero attached hydrogens (tertiary/aromatic N) is 1. The first-order valence-electron chi connectivity index (χ1n) is 5.18. The van der Waals surface area contributed by atoms with Gasteiger partial charge in [0, 0.05) is 31.2 Å². The lowest BCUT2D eigenvalue weighted by Gasteiger charge is -2.10. The Morgan fingerprint density at radius 3 is 2.65 bits per heavy atom. The fourth-order valence-electron chi connectivity index (χ4n) is 1.64. The van der Waals surface area contributed by atoms with Crippen LogP contribution >= 0.6 is 0 Å². The van der Waals surface area contributed by atoms with E-state index < -0.39 is 11.7 Å². The van der Waals surface area contributed by atoms with Gasteiger partial charge in [0.05, 0.1) is 5.56 Å². The number of para-hydroxylation sites is 1. The number of nitrogens with one attached hydrogen (secondary N) is 2. The summed E-state index contributed by atoms with van der Waals surface area (Å²) < 4.78 is 0. The maximum Gasteiger partial charge on any atom is 0.306 e. The van der Waals surface area contributed by atoms with Gasteiger partial charge in [-0.15, -0.1) is 0 Å². The zero-order valence-electron chi connectivity index (χ0n) is 9.65. The Balaban J connectivity index is 2.34. The highest BCUT2D eigenvalue weighted by molar-refractivity contribution is 6.44. The van der Waals surface area contributed by atoms with E-state index in [4.69, 9.17) is 0 Å². The number of aromatic amines is 1. The average molecular weight is 231 g/mol. The molecular formula is C12H13N3O2. The highest BCUT2D eigenvalue weighted by Crippen LogP contribution is 2.17. The van der Waals surface area contributed by atoms with Crippen molar-refractivity contribution in [1.29, 1.82) is 0 Å². The van der Waals surface area contributed by atoms with Gasteiger partial charge in [-0.05, 0) is 6.07 Å². The van der Waals surface area contributed by atoms with Gasteiger partial charge in [0.1, 0.15) is 0 Å². The van der Waals surface area contributed by atoms with E-state index in [-0.39, 0.29) is 0 Å². The predicted octanol–water partition coefficient (Wildman–Crippen LogP) is 0.943. The lowest BCUT2D eigenvalue weighted by Crippen LogP contribution is -2.40. The van der Waals surface area contributed by atoms with Crippen molar-refractivity contribution in [2.24, 2.45) is 0 Å². The highest BCUT2D eigenvalue weighted by atomic mass is 16.2. The second-order valence-corrected chi connectivity index (χ2v) is 3.91. The van der Waals surface area contributed by atoms with Crippen molar-refractivity contribution in [3.05, 3.63) is 36.0 Å². The zero-order valence-corrected chi connectivity index (χ0v) is 9.65. The normalized spacial score (nSPS) is 10.8. The van der Waals surface area contributed by atoms with E-state index in [1.54, 1.807) is 20.3 Å². The monoisotopic (exact) mass is 231 g/mol. The van der Waals surface area contributed by atoms with E-state index in [1.165, 1.54) is 5.01 Å².